The van der Waals surface area contributed by atoms with Gasteiger partial charge in [-0.25, -0.2) is 4.39 Å². The number of aromatic nitrogens is 1. The van der Waals surface area contributed by atoms with Gasteiger partial charge < -0.3 is 9.47 Å². The van der Waals surface area contributed by atoms with Gasteiger partial charge in [0.1, 0.15) is 5.82 Å². The number of halogens is 3. The van der Waals surface area contributed by atoms with Crippen molar-refractivity contribution in [3.8, 4) is 11.5 Å². The maximum atomic E-state index is 13.9. The van der Waals surface area contributed by atoms with Crippen LogP contribution >= 0.6 is 0 Å². The van der Waals surface area contributed by atoms with Gasteiger partial charge in [0.05, 0.1) is 12.6 Å². The average Bonchev–Trinajstić information content (AvgIpc) is 2.62. The van der Waals surface area contributed by atoms with E-state index in [4.69, 9.17) is 4.74 Å². The number of nitrogens with zero attached hydrogens (tertiary/aromatic N) is 2. The highest BCUT2D eigenvalue weighted by atomic mass is 19.3. The van der Waals surface area contributed by atoms with Gasteiger partial charge in [-0.05, 0) is 48.5 Å². The van der Waals surface area contributed by atoms with Crippen molar-refractivity contribution in [1.82, 2.24) is 9.88 Å². The van der Waals surface area contributed by atoms with E-state index in [0.29, 0.717) is 13.1 Å². The second-order valence-corrected chi connectivity index (χ2v) is 6.18. The Labute approximate surface area is 155 Å². The van der Waals surface area contributed by atoms with E-state index >= 15 is 0 Å². The average molecular weight is 376 g/mol. The van der Waals surface area contributed by atoms with Crippen LogP contribution in [0.15, 0.2) is 48.7 Å². The highest BCUT2D eigenvalue weighted by Gasteiger charge is 2.13. The summed E-state index contributed by atoms with van der Waals surface area (Å²) in [5, 5.41) is 0.746. The Morgan fingerprint density at radius 3 is 2.63 bits per heavy atom. The molecule has 27 heavy (non-hydrogen) atoms. The van der Waals surface area contributed by atoms with Crippen molar-refractivity contribution >= 4 is 10.9 Å². The summed E-state index contributed by atoms with van der Waals surface area (Å²) in [6.07, 6.45) is 1.68. The zero-order chi connectivity index (χ0) is 19.4. The third-order valence-electron chi connectivity index (χ3n) is 4.09. The van der Waals surface area contributed by atoms with Gasteiger partial charge in [0.15, 0.2) is 11.5 Å². The normalized spacial score (nSPS) is 11.4. The monoisotopic (exact) mass is 376 g/mol. The summed E-state index contributed by atoms with van der Waals surface area (Å²) in [7, 11) is 3.28. The minimum absolute atomic E-state index is 0.0146. The number of ether oxygens (including phenoxy) is 2. The number of hydrogen-bond acceptors (Lipinski definition) is 4. The summed E-state index contributed by atoms with van der Waals surface area (Å²) in [5.74, 6) is -0.0904. The molecule has 0 atom stereocenters. The third-order valence-corrected chi connectivity index (χ3v) is 4.09. The van der Waals surface area contributed by atoms with Crippen LogP contribution < -0.4 is 9.47 Å². The van der Waals surface area contributed by atoms with Crippen molar-refractivity contribution in [2.75, 3.05) is 14.2 Å². The zero-order valence-corrected chi connectivity index (χ0v) is 15.0. The molecule has 0 bridgehead atoms. The van der Waals surface area contributed by atoms with Gasteiger partial charge in [-0.2, -0.15) is 8.78 Å². The van der Waals surface area contributed by atoms with Gasteiger partial charge in [0.2, 0.25) is 0 Å². The van der Waals surface area contributed by atoms with Crippen molar-refractivity contribution in [1.29, 1.82) is 0 Å². The number of methoxy groups -OCH3 is 1. The van der Waals surface area contributed by atoms with Crippen molar-refractivity contribution in [2.24, 2.45) is 0 Å². The molecule has 0 saturated heterocycles. The van der Waals surface area contributed by atoms with E-state index in [-0.39, 0.29) is 17.3 Å². The van der Waals surface area contributed by atoms with Crippen molar-refractivity contribution in [2.45, 2.75) is 19.7 Å². The predicted octanol–water partition coefficient (Wildman–Crippen LogP) is 4.62. The Balaban J connectivity index is 1.77. The first-order chi connectivity index (χ1) is 13.0. The lowest BCUT2D eigenvalue weighted by atomic mass is 10.1. The Bertz CT molecular complexity index is 934. The topological polar surface area (TPSA) is 34.6 Å². The van der Waals surface area contributed by atoms with Gasteiger partial charge in [-0.15, -0.1) is 0 Å². The molecule has 2 aromatic carbocycles. The minimum Gasteiger partial charge on any atom is -0.493 e. The molecule has 0 radical (unpaired) electrons. The Hall–Kier alpha value is -2.80. The van der Waals surface area contributed by atoms with Crippen molar-refractivity contribution in [3.05, 3.63) is 65.6 Å². The molecule has 142 valence electrons. The van der Waals surface area contributed by atoms with Crippen molar-refractivity contribution in [3.63, 3.8) is 0 Å². The SMILES string of the molecule is COc1cc(CN(C)Cc2cc(F)cc3cccnc23)ccc1OC(F)F. The lowest BCUT2D eigenvalue weighted by molar-refractivity contribution is -0.0512. The second-order valence-electron chi connectivity index (χ2n) is 6.18. The molecule has 0 unspecified atom stereocenters. The van der Waals surface area contributed by atoms with E-state index in [1.165, 1.54) is 25.3 Å². The van der Waals surface area contributed by atoms with Crippen LogP contribution in [0, 0.1) is 5.82 Å². The fourth-order valence-electron chi connectivity index (χ4n) is 3.01. The molecule has 0 aliphatic rings. The maximum absolute atomic E-state index is 13.9. The number of hydrogen-bond donors (Lipinski definition) is 0. The summed E-state index contributed by atoms with van der Waals surface area (Å²) in [5.41, 5.74) is 2.38. The van der Waals surface area contributed by atoms with Crippen LogP contribution in [0.1, 0.15) is 11.1 Å². The fraction of sp³-hybridized carbons (Fsp3) is 0.250. The van der Waals surface area contributed by atoms with Crippen LogP contribution in [-0.4, -0.2) is 30.7 Å². The summed E-state index contributed by atoms with van der Waals surface area (Å²) < 4.78 is 48.3. The highest BCUT2D eigenvalue weighted by molar-refractivity contribution is 5.81. The number of alkyl halides is 2. The van der Waals surface area contributed by atoms with Crippen LogP contribution in [0.25, 0.3) is 10.9 Å². The smallest absolute Gasteiger partial charge is 0.387 e. The second kappa shape index (κ2) is 8.26. The summed E-state index contributed by atoms with van der Waals surface area (Å²) in [4.78, 5) is 6.33. The first-order valence-electron chi connectivity index (χ1n) is 8.29. The van der Waals surface area contributed by atoms with Crippen molar-refractivity contribution < 1.29 is 22.6 Å². The predicted molar refractivity (Wildman–Crippen MR) is 96.5 cm³/mol. The lowest BCUT2D eigenvalue weighted by Gasteiger charge is -2.19. The Kier molecular flexibility index (Phi) is 5.81. The number of rotatable bonds is 7. The Morgan fingerprint density at radius 1 is 1.07 bits per heavy atom. The molecule has 0 fully saturated rings. The molecule has 0 aliphatic heterocycles. The van der Waals surface area contributed by atoms with Gasteiger partial charge in [0, 0.05) is 24.7 Å². The first-order valence-corrected chi connectivity index (χ1v) is 8.29. The quantitative estimate of drug-likeness (QED) is 0.603. The summed E-state index contributed by atoms with van der Waals surface area (Å²) >= 11 is 0. The molecule has 4 nitrogen and oxygen atoms in total. The summed E-state index contributed by atoms with van der Waals surface area (Å²) in [6, 6.07) is 11.3. The first kappa shape index (κ1) is 19.0. The molecule has 0 saturated carbocycles. The van der Waals surface area contributed by atoms with E-state index in [2.05, 4.69) is 9.72 Å². The largest absolute Gasteiger partial charge is 0.493 e. The molecular formula is C20H19F3N2O2. The van der Waals surface area contributed by atoms with Crippen LogP contribution in [0.3, 0.4) is 0 Å². The molecule has 0 aliphatic carbocycles. The number of benzene rings is 2. The fourth-order valence-corrected chi connectivity index (χ4v) is 3.01. The van der Waals surface area contributed by atoms with Gasteiger partial charge in [0.25, 0.3) is 0 Å². The number of fused-ring (bicyclic) bond motifs is 1. The zero-order valence-electron chi connectivity index (χ0n) is 15.0. The van der Waals surface area contributed by atoms with Gasteiger partial charge >= 0.3 is 6.61 Å². The molecule has 7 heteroatoms. The van der Waals surface area contributed by atoms with E-state index in [0.717, 1.165) is 22.0 Å². The molecule has 0 spiro atoms. The summed E-state index contributed by atoms with van der Waals surface area (Å²) in [6.45, 7) is -1.93. The maximum Gasteiger partial charge on any atom is 0.387 e. The molecule has 3 rings (SSSR count). The van der Waals surface area contributed by atoms with E-state index in [1.807, 2.05) is 18.0 Å². The van der Waals surface area contributed by atoms with E-state index in [1.54, 1.807) is 24.4 Å². The van der Waals surface area contributed by atoms with E-state index < -0.39 is 6.61 Å². The molecule has 3 aromatic rings. The third kappa shape index (κ3) is 4.68. The molecule has 1 aromatic heterocycles. The lowest BCUT2D eigenvalue weighted by Crippen LogP contribution is -2.18. The molecule has 1 heterocycles. The molecule has 0 amide bonds. The standard InChI is InChI=1S/C20H19F3N2O2/c1-25(11-13-5-6-17(27-20(22)23)18(8-13)26-2)12-15-10-16(21)9-14-4-3-7-24-19(14)15/h3-10,20H,11-12H2,1-2H3. The van der Waals surface area contributed by atoms with E-state index in [9.17, 15) is 13.2 Å². The van der Waals surface area contributed by atoms with Crippen LogP contribution in [0.5, 0.6) is 11.5 Å². The minimum atomic E-state index is -2.92. The van der Waals surface area contributed by atoms with Gasteiger partial charge in [-0.3, -0.25) is 9.88 Å². The number of pyridine rings is 1. The van der Waals surface area contributed by atoms with Gasteiger partial charge in [-0.1, -0.05) is 12.1 Å². The van der Waals surface area contributed by atoms with Crippen LogP contribution in [-0.2, 0) is 13.1 Å². The highest BCUT2D eigenvalue weighted by Crippen LogP contribution is 2.30. The van der Waals surface area contributed by atoms with Crippen LogP contribution in [0.2, 0.25) is 0 Å². The van der Waals surface area contributed by atoms with Crippen LogP contribution in [0.4, 0.5) is 13.2 Å². The molecule has 0 N–H and O–H groups in total. The Morgan fingerprint density at radius 2 is 1.89 bits per heavy atom. The molecular weight excluding hydrogens is 357 g/mol.